The van der Waals surface area contributed by atoms with Gasteiger partial charge in [0.1, 0.15) is 5.82 Å². The monoisotopic (exact) mass is 351 g/mol. The number of carbonyl (C=O) groups excluding carboxylic acids is 1. The highest BCUT2D eigenvalue weighted by Gasteiger charge is 2.22. The molecule has 21 heavy (non-hydrogen) atoms. The molecule has 0 bridgehead atoms. The van der Waals surface area contributed by atoms with Crippen molar-refractivity contribution in [3.05, 3.63) is 64.4 Å². The summed E-state index contributed by atoms with van der Waals surface area (Å²) in [6, 6.07) is 12.6. The Bertz CT molecular complexity index is 616. The predicted octanol–water partition coefficient (Wildman–Crippen LogP) is 4.30. The van der Waals surface area contributed by atoms with Crippen LogP contribution in [0, 0.1) is 5.82 Å². The molecule has 0 spiro atoms. The van der Waals surface area contributed by atoms with E-state index in [1.54, 1.807) is 19.1 Å². The number of carbonyl (C=O) groups is 1. The standard InChI is InChI=1S/C16H15BrFNO2/c1-2-21-16(20)15(11-7-9-12(18)10-8-11)19-14-6-4-3-5-13(14)17/h3-10,15,19H,2H2,1H3. The number of benzene rings is 2. The van der Waals surface area contributed by atoms with Crippen molar-refractivity contribution in [3.8, 4) is 0 Å². The molecule has 110 valence electrons. The van der Waals surface area contributed by atoms with Crippen molar-refractivity contribution in [1.82, 2.24) is 0 Å². The first-order valence-electron chi connectivity index (χ1n) is 6.55. The van der Waals surface area contributed by atoms with E-state index in [0.29, 0.717) is 5.56 Å². The highest BCUT2D eigenvalue weighted by Crippen LogP contribution is 2.27. The minimum atomic E-state index is -0.691. The summed E-state index contributed by atoms with van der Waals surface area (Å²) in [5.41, 5.74) is 1.41. The third-order valence-corrected chi connectivity index (χ3v) is 3.59. The number of anilines is 1. The van der Waals surface area contributed by atoms with E-state index in [1.807, 2.05) is 24.3 Å². The van der Waals surface area contributed by atoms with Gasteiger partial charge in [-0.25, -0.2) is 9.18 Å². The molecule has 0 radical (unpaired) electrons. The molecule has 0 aromatic heterocycles. The topological polar surface area (TPSA) is 38.3 Å². The third-order valence-electron chi connectivity index (χ3n) is 2.90. The normalized spacial score (nSPS) is 11.8. The van der Waals surface area contributed by atoms with E-state index in [9.17, 15) is 9.18 Å². The van der Waals surface area contributed by atoms with Gasteiger partial charge in [0.2, 0.25) is 0 Å². The molecule has 0 saturated carbocycles. The Balaban J connectivity index is 2.30. The quantitative estimate of drug-likeness (QED) is 0.816. The zero-order chi connectivity index (χ0) is 15.2. The maximum Gasteiger partial charge on any atom is 0.333 e. The molecule has 5 heteroatoms. The molecule has 2 aromatic rings. The summed E-state index contributed by atoms with van der Waals surface area (Å²) in [4.78, 5) is 12.2. The lowest BCUT2D eigenvalue weighted by atomic mass is 10.1. The molecule has 0 heterocycles. The second kappa shape index (κ2) is 7.22. The summed E-state index contributed by atoms with van der Waals surface area (Å²) < 4.78 is 19.0. The van der Waals surface area contributed by atoms with Gasteiger partial charge in [0.15, 0.2) is 6.04 Å². The lowest BCUT2D eigenvalue weighted by molar-refractivity contribution is -0.144. The van der Waals surface area contributed by atoms with Crippen LogP contribution in [-0.4, -0.2) is 12.6 Å². The third kappa shape index (κ3) is 4.04. The summed E-state index contributed by atoms with van der Waals surface area (Å²) in [6.07, 6.45) is 0. The van der Waals surface area contributed by atoms with Gasteiger partial charge in [0, 0.05) is 10.2 Å². The Morgan fingerprint density at radius 1 is 1.24 bits per heavy atom. The largest absolute Gasteiger partial charge is 0.464 e. The lowest BCUT2D eigenvalue weighted by Crippen LogP contribution is -2.23. The molecule has 1 atom stereocenters. The van der Waals surface area contributed by atoms with Crippen LogP contribution in [0.3, 0.4) is 0 Å². The van der Waals surface area contributed by atoms with Gasteiger partial charge in [0.05, 0.1) is 6.61 Å². The summed E-state index contributed by atoms with van der Waals surface area (Å²) in [6.45, 7) is 2.03. The van der Waals surface area contributed by atoms with Gasteiger partial charge in [0.25, 0.3) is 0 Å². The van der Waals surface area contributed by atoms with Crippen molar-refractivity contribution in [2.45, 2.75) is 13.0 Å². The van der Waals surface area contributed by atoms with Gasteiger partial charge < -0.3 is 10.1 Å². The average Bonchev–Trinajstić information content (AvgIpc) is 2.48. The Morgan fingerprint density at radius 2 is 1.90 bits per heavy atom. The second-order valence-electron chi connectivity index (χ2n) is 4.36. The molecule has 1 unspecified atom stereocenters. The predicted molar refractivity (Wildman–Crippen MR) is 83.5 cm³/mol. The molecule has 2 aromatic carbocycles. The first-order valence-corrected chi connectivity index (χ1v) is 7.34. The fourth-order valence-electron chi connectivity index (χ4n) is 1.89. The van der Waals surface area contributed by atoms with Crippen LogP contribution < -0.4 is 5.32 Å². The Morgan fingerprint density at radius 3 is 2.52 bits per heavy atom. The van der Waals surface area contributed by atoms with Gasteiger partial charge in [-0.15, -0.1) is 0 Å². The number of nitrogens with one attached hydrogen (secondary N) is 1. The number of rotatable bonds is 5. The smallest absolute Gasteiger partial charge is 0.333 e. The van der Waals surface area contributed by atoms with Crippen molar-refractivity contribution in [1.29, 1.82) is 0 Å². The summed E-state index contributed by atoms with van der Waals surface area (Å²) in [7, 11) is 0. The van der Waals surface area contributed by atoms with Crippen LogP contribution in [0.5, 0.6) is 0 Å². The molecule has 0 amide bonds. The van der Waals surface area contributed by atoms with Crippen molar-refractivity contribution in [2.75, 3.05) is 11.9 Å². The molecule has 2 rings (SSSR count). The van der Waals surface area contributed by atoms with E-state index in [2.05, 4.69) is 21.2 Å². The number of hydrogen-bond donors (Lipinski definition) is 1. The Labute approximate surface area is 131 Å². The van der Waals surface area contributed by atoms with E-state index >= 15 is 0 Å². The minimum Gasteiger partial charge on any atom is -0.464 e. The average molecular weight is 352 g/mol. The van der Waals surface area contributed by atoms with Gasteiger partial charge in [-0.2, -0.15) is 0 Å². The van der Waals surface area contributed by atoms with Crippen LogP contribution in [0.2, 0.25) is 0 Å². The first kappa shape index (κ1) is 15.5. The lowest BCUT2D eigenvalue weighted by Gasteiger charge is -2.19. The van der Waals surface area contributed by atoms with E-state index in [0.717, 1.165) is 10.2 Å². The molecule has 0 fully saturated rings. The van der Waals surface area contributed by atoms with Crippen molar-refractivity contribution in [2.24, 2.45) is 0 Å². The summed E-state index contributed by atoms with van der Waals surface area (Å²) in [5, 5.41) is 3.12. The Hall–Kier alpha value is -1.88. The molecule has 0 saturated heterocycles. The summed E-state index contributed by atoms with van der Waals surface area (Å²) in [5.74, 6) is -0.748. The second-order valence-corrected chi connectivity index (χ2v) is 5.22. The molecular formula is C16H15BrFNO2. The fraction of sp³-hybridized carbons (Fsp3) is 0.188. The van der Waals surface area contributed by atoms with Gasteiger partial charge in [-0.1, -0.05) is 24.3 Å². The molecule has 3 nitrogen and oxygen atoms in total. The SMILES string of the molecule is CCOC(=O)C(Nc1ccccc1Br)c1ccc(F)cc1. The number of ether oxygens (including phenoxy) is 1. The van der Waals surface area contributed by atoms with Gasteiger partial charge >= 0.3 is 5.97 Å². The van der Waals surface area contributed by atoms with E-state index in [4.69, 9.17) is 4.74 Å². The zero-order valence-corrected chi connectivity index (χ0v) is 13.1. The zero-order valence-electron chi connectivity index (χ0n) is 11.5. The highest BCUT2D eigenvalue weighted by molar-refractivity contribution is 9.10. The van der Waals surface area contributed by atoms with E-state index < -0.39 is 12.0 Å². The minimum absolute atomic E-state index is 0.286. The molecule has 1 N–H and O–H groups in total. The molecule has 0 aliphatic carbocycles. The van der Waals surface area contributed by atoms with Crippen LogP contribution in [-0.2, 0) is 9.53 Å². The molecule has 0 aliphatic rings. The molecule has 0 aliphatic heterocycles. The number of hydrogen-bond acceptors (Lipinski definition) is 3. The Kier molecular flexibility index (Phi) is 5.33. The van der Waals surface area contributed by atoms with Crippen molar-refractivity contribution < 1.29 is 13.9 Å². The maximum atomic E-state index is 13.0. The number of halogens is 2. The first-order chi connectivity index (χ1) is 10.1. The van der Waals surface area contributed by atoms with Crippen LogP contribution in [0.25, 0.3) is 0 Å². The van der Waals surface area contributed by atoms with E-state index in [-0.39, 0.29) is 12.4 Å². The molecular weight excluding hydrogens is 337 g/mol. The van der Waals surface area contributed by atoms with Crippen LogP contribution in [0.1, 0.15) is 18.5 Å². The van der Waals surface area contributed by atoms with Crippen molar-refractivity contribution in [3.63, 3.8) is 0 Å². The van der Waals surface area contributed by atoms with Gasteiger partial charge in [-0.05, 0) is 52.7 Å². The fourth-order valence-corrected chi connectivity index (χ4v) is 2.29. The number of para-hydroxylation sites is 1. The number of esters is 1. The maximum absolute atomic E-state index is 13.0. The highest BCUT2D eigenvalue weighted by atomic mass is 79.9. The van der Waals surface area contributed by atoms with Crippen LogP contribution in [0.15, 0.2) is 53.0 Å². The van der Waals surface area contributed by atoms with Crippen LogP contribution >= 0.6 is 15.9 Å². The van der Waals surface area contributed by atoms with E-state index in [1.165, 1.54) is 12.1 Å². The van der Waals surface area contributed by atoms with Crippen LogP contribution in [0.4, 0.5) is 10.1 Å². The summed E-state index contributed by atoms with van der Waals surface area (Å²) >= 11 is 3.42. The van der Waals surface area contributed by atoms with Crippen molar-refractivity contribution >= 4 is 27.6 Å². The van der Waals surface area contributed by atoms with Gasteiger partial charge in [-0.3, -0.25) is 0 Å².